The molecule has 0 radical (unpaired) electrons. The van der Waals surface area contributed by atoms with Crippen molar-refractivity contribution in [2.24, 2.45) is 0 Å². The van der Waals surface area contributed by atoms with Crippen molar-refractivity contribution in [2.75, 3.05) is 0 Å². The van der Waals surface area contributed by atoms with Crippen molar-refractivity contribution < 1.29 is 9.59 Å². The average Bonchev–Trinajstić information content (AvgIpc) is 1.87. The molecule has 1 N–H and O–H groups in total. The zero-order valence-electron chi connectivity index (χ0n) is 3.97. The van der Waals surface area contributed by atoms with Crippen LogP contribution in [-0.4, -0.2) is 38.4 Å². The number of carbonyl (C=O) groups is 2. The van der Waals surface area contributed by atoms with Gasteiger partial charge in [-0.05, 0) is 0 Å². The molecule has 0 atom stereocenters. The number of carbonyl (C=O) groups excluding carboxylic acids is 2. The molecule has 1 aliphatic rings. The molecule has 0 aromatic heterocycles. The van der Waals surface area contributed by atoms with Gasteiger partial charge in [0.2, 0.25) is 0 Å². The topological polar surface area (TPSA) is 46.2 Å². The van der Waals surface area contributed by atoms with Gasteiger partial charge in [-0.15, -0.1) is 0 Å². The van der Waals surface area contributed by atoms with Crippen LogP contribution in [0.4, 0.5) is 0 Å². The summed E-state index contributed by atoms with van der Waals surface area (Å²) in [5.74, 6) is -0.657. The van der Waals surface area contributed by atoms with E-state index in [0.717, 1.165) is 0 Å². The van der Waals surface area contributed by atoms with Crippen LogP contribution in [0, 0.1) is 0 Å². The molecule has 0 aliphatic carbocycles. The standard InChI is InChI=1S/C4H3NO2.Po.2H/c6-3-1-2-4(7)5-3;;;/h1-2H,(H,5,6,7);;;. The van der Waals surface area contributed by atoms with Gasteiger partial charge in [0.05, 0.1) is 0 Å². The summed E-state index contributed by atoms with van der Waals surface area (Å²) in [6.45, 7) is 0. The van der Waals surface area contributed by atoms with Gasteiger partial charge in [-0.3, -0.25) is 14.9 Å². The minimum atomic E-state index is -0.329. The van der Waals surface area contributed by atoms with Gasteiger partial charge in [0.15, 0.2) is 0 Å². The first-order valence-electron chi connectivity index (χ1n) is 1.82. The molecule has 1 rings (SSSR count). The normalized spacial score (nSPS) is 15.5. The van der Waals surface area contributed by atoms with Gasteiger partial charge >= 0.3 is 26.6 Å². The summed E-state index contributed by atoms with van der Waals surface area (Å²) in [4.78, 5) is 20.1. The predicted octanol–water partition coefficient (Wildman–Crippen LogP) is -1.72. The second kappa shape index (κ2) is 2.94. The van der Waals surface area contributed by atoms with E-state index < -0.39 is 0 Å². The first-order chi connectivity index (χ1) is 3.29. The molecule has 44 valence electrons. The second-order valence-corrected chi connectivity index (χ2v) is 1.19. The van der Waals surface area contributed by atoms with E-state index >= 15 is 0 Å². The number of imide groups is 1. The third-order valence-corrected chi connectivity index (χ3v) is 0.632. The number of amides is 2. The maximum absolute atomic E-state index is 10.0. The van der Waals surface area contributed by atoms with Gasteiger partial charge in [0.25, 0.3) is 11.8 Å². The molecular formula is C4H5NO2Po. The quantitative estimate of drug-likeness (QED) is 0.541. The Morgan fingerprint density at radius 2 is 1.50 bits per heavy atom. The van der Waals surface area contributed by atoms with Crippen LogP contribution in [0.25, 0.3) is 0 Å². The summed E-state index contributed by atoms with van der Waals surface area (Å²) >= 11 is 0. The molecule has 2 amide bonds. The van der Waals surface area contributed by atoms with Crippen LogP contribution < -0.4 is 5.32 Å². The number of hydrogen-bond donors (Lipinski definition) is 1. The molecule has 8 heavy (non-hydrogen) atoms. The summed E-state index contributed by atoms with van der Waals surface area (Å²) in [5.41, 5.74) is 0. The zero-order valence-corrected chi connectivity index (χ0v) is 7.86. The van der Waals surface area contributed by atoms with Crippen molar-refractivity contribution in [2.45, 2.75) is 0 Å². The fraction of sp³-hybridized carbons (Fsp3) is 0. The molecule has 0 aromatic carbocycles. The van der Waals surface area contributed by atoms with Crippen molar-refractivity contribution >= 4 is 38.4 Å². The van der Waals surface area contributed by atoms with Crippen LogP contribution in [0.2, 0.25) is 0 Å². The molecule has 0 fully saturated rings. The first-order valence-corrected chi connectivity index (χ1v) is 1.82. The summed E-state index contributed by atoms with van der Waals surface area (Å²) in [7, 11) is 0. The molecule has 0 saturated heterocycles. The zero-order chi connectivity index (χ0) is 5.28. The van der Waals surface area contributed by atoms with E-state index in [-0.39, 0.29) is 38.4 Å². The van der Waals surface area contributed by atoms with Gasteiger partial charge in [0, 0.05) is 12.2 Å². The Labute approximate surface area is 65.6 Å². The summed E-state index contributed by atoms with van der Waals surface area (Å²) in [6.07, 6.45) is 2.39. The van der Waals surface area contributed by atoms with Crippen molar-refractivity contribution in [1.82, 2.24) is 5.32 Å². The van der Waals surface area contributed by atoms with Gasteiger partial charge < -0.3 is 0 Å². The number of nitrogens with one attached hydrogen (secondary N) is 1. The van der Waals surface area contributed by atoms with Crippen molar-refractivity contribution in [3.63, 3.8) is 0 Å². The SMILES string of the molecule is O=C1C=CC(=O)N1.[PoH2]. The Balaban J connectivity index is 0.000000490. The molecule has 0 aromatic rings. The molecule has 3 nitrogen and oxygen atoms in total. The fourth-order valence-corrected chi connectivity index (χ4v) is 0.356. The van der Waals surface area contributed by atoms with Crippen molar-refractivity contribution in [3.05, 3.63) is 12.2 Å². The number of rotatable bonds is 0. The average molecular weight is 308 g/mol. The third-order valence-electron chi connectivity index (χ3n) is 0.632. The number of hydrogen-bond acceptors (Lipinski definition) is 2. The Bertz CT molecular complexity index is 136. The fourth-order valence-electron chi connectivity index (χ4n) is 0.356. The summed E-state index contributed by atoms with van der Waals surface area (Å²) in [5, 5.41) is 2.03. The van der Waals surface area contributed by atoms with Gasteiger partial charge in [-0.1, -0.05) is 0 Å². The van der Waals surface area contributed by atoms with Crippen molar-refractivity contribution in [1.29, 1.82) is 0 Å². The molecule has 0 bridgehead atoms. The Hall–Kier alpha value is -0.224. The van der Waals surface area contributed by atoms with E-state index in [1.54, 1.807) is 0 Å². The third kappa shape index (κ3) is 1.71. The van der Waals surface area contributed by atoms with Crippen LogP contribution >= 0.6 is 0 Å². The minimum absolute atomic E-state index is 0. The van der Waals surface area contributed by atoms with Crippen LogP contribution in [-0.2, 0) is 9.59 Å². The van der Waals surface area contributed by atoms with E-state index in [1.165, 1.54) is 12.2 Å². The van der Waals surface area contributed by atoms with Crippen molar-refractivity contribution in [3.8, 4) is 0 Å². The summed E-state index contributed by atoms with van der Waals surface area (Å²) < 4.78 is 0. The Morgan fingerprint density at radius 1 is 1.12 bits per heavy atom. The molecule has 0 unspecified atom stereocenters. The molecule has 0 spiro atoms. The van der Waals surface area contributed by atoms with Crippen LogP contribution in [0.1, 0.15) is 0 Å². The van der Waals surface area contributed by atoms with E-state index in [2.05, 4.69) is 0 Å². The van der Waals surface area contributed by atoms with E-state index in [4.69, 9.17) is 0 Å². The Morgan fingerprint density at radius 3 is 1.62 bits per heavy atom. The van der Waals surface area contributed by atoms with Crippen LogP contribution in [0.3, 0.4) is 0 Å². The first kappa shape index (κ1) is 7.78. The Kier molecular flexibility index (Phi) is 2.85. The molecule has 4 heteroatoms. The van der Waals surface area contributed by atoms with Gasteiger partial charge in [-0.2, -0.15) is 0 Å². The molecule has 1 heterocycles. The van der Waals surface area contributed by atoms with E-state index in [9.17, 15) is 9.59 Å². The predicted molar refractivity (Wildman–Crippen MR) is 30.8 cm³/mol. The van der Waals surface area contributed by atoms with Gasteiger partial charge in [-0.25, -0.2) is 0 Å². The van der Waals surface area contributed by atoms with Crippen LogP contribution in [0.5, 0.6) is 0 Å². The second-order valence-electron chi connectivity index (χ2n) is 1.19. The molecule has 0 saturated carbocycles. The van der Waals surface area contributed by atoms with E-state index in [0.29, 0.717) is 0 Å². The van der Waals surface area contributed by atoms with E-state index in [1.807, 2.05) is 5.32 Å². The summed E-state index contributed by atoms with van der Waals surface area (Å²) in [6, 6.07) is 0. The maximum atomic E-state index is 10.0. The monoisotopic (exact) mass is 308 g/mol. The van der Waals surface area contributed by atoms with Crippen LogP contribution in [0.15, 0.2) is 12.2 Å². The molecule has 1 aliphatic heterocycles. The van der Waals surface area contributed by atoms with Gasteiger partial charge in [0.1, 0.15) is 0 Å². The molecular weight excluding hydrogens is 303 g/mol.